The third kappa shape index (κ3) is 3.34. The Morgan fingerprint density at radius 1 is 0.920 bits per heavy atom. The van der Waals surface area contributed by atoms with Crippen LogP contribution in [0.2, 0.25) is 0 Å². The van der Waals surface area contributed by atoms with Crippen molar-refractivity contribution in [2.24, 2.45) is 0 Å². The van der Waals surface area contributed by atoms with Gasteiger partial charge in [-0.05, 0) is 18.9 Å². The van der Waals surface area contributed by atoms with Crippen LogP contribution < -0.4 is 14.7 Å². The van der Waals surface area contributed by atoms with Crippen molar-refractivity contribution in [3.63, 3.8) is 0 Å². The van der Waals surface area contributed by atoms with Gasteiger partial charge in [0.15, 0.2) is 0 Å². The van der Waals surface area contributed by atoms with Gasteiger partial charge in [0.2, 0.25) is 5.95 Å². The highest BCUT2D eigenvalue weighted by molar-refractivity contribution is 5.52. The molecule has 2 aromatic rings. The van der Waals surface area contributed by atoms with Gasteiger partial charge in [-0.25, -0.2) is 19.9 Å². The summed E-state index contributed by atoms with van der Waals surface area (Å²) < 4.78 is 0. The molecule has 2 aliphatic rings. The summed E-state index contributed by atoms with van der Waals surface area (Å²) >= 11 is 0. The molecule has 0 spiro atoms. The van der Waals surface area contributed by atoms with Crippen molar-refractivity contribution in [3.8, 4) is 0 Å². The van der Waals surface area contributed by atoms with Gasteiger partial charge in [0.05, 0.1) is 12.6 Å². The Kier molecular flexibility index (Phi) is 4.60. The number of aliphatic hydroxyl groups is 1. The Morgan fingerprint density at radius 2 is 1.64 bits per heavy atom. The average Bonchev–Trinajstić information content (AvgIpc) is 3.18. The van der Waals surface area contributed by atoms with Gasteiger partial charge in [0.1, 0.15) is 18.0 Å². The normalized spacial score (nSPS) is 21.0. The highest BCUT2D eigenvalue weighted by atomic mass is 16.3. The van der Waals surface area contributed by atoms with E-state index in [1.807, 2.05) is 12.1 Å². The molecule has 0 saturated carbocycles. The summed E-state index contributed by atoms with van der Waals surface area (Å²) in [6.07, 6.45) is 7.30. The van der Waals surface area contributed by atoms with Crippen LogP contribution in [-0.4, -0.2) is 70.4 Å². The molecule has 8 nitrogen and oxygen atoms in total. The summed E-state index contributed by atoms with van der Waals surface area (Å²) in [5.74, 6) is 2.64. The fourth-order valence-corrected chi connectivity index (χ4v) is 3.58. The van der Waals surface area contributed by atoms with Crippen molar-refractivity contribution < 1.29 is 5.11 Å². The molecule has 0 aromatic carbocycles. The summed E-state index contributed by atoms with van der Waals surface area (Å²) in [6.45, 7) is 4.60. The highest BCUT2D eigenvalue weighted by Crippen LogP contribution is 2.26. The molecule has 2 aromatic heterocycles. The molecule has 0 radical (unpaired) electrons. The molecule has 25 heavy (non-hydrogen) atoms. The molecule has 2 fully saturated rings. The van der Waals surface area contributed by atoms with E-state index in [0.29, 0.717) is 0 Å². The minimum Gasteiger partial charge on any atom is -0.394 e. The predicted octanol–water partition coefficient (Wildman–Crippen LogP) is 0.554. The minimum atomic E-state index is 0.176. The Morgan fingerprint density at radius 3 is 2.40 bits per heavy atom. The molecule has 4 heterocycles. The third-order valence-electron chi connectivity index (χ3n) is 4.96. The van der Waals surface area contributed by atoms with Crippen LogP contribution in [0.1, 0.15) is 12.8 Å². The van der Waals surface area contributed by atoms with E-state index in [1.54, 1.807) is 18.7 Å². The largest absolute Gasteiger partial charge is 0.394 e. The molecule has 2 aliphatic heterocycles. The van der Waals surface area contributed by atoms with Gasteiger partial charge in [0, 0.05) is 51.2 Å². The van der Waals surface area contributed by atoms with E-state index in [-0.39, 0.29) is 12.6 Å². The Bertz CT molecular complexity index is 690. The lowest BCUT2D eigenvalue weighted by Crippen LogP contribution is -2.47. The van der Waals surface area contributed by atoms with E-state index in [4.69, 9.17) is 0 Å². The van der Waals surface area contributed by atoms with Gasteiger partial charge >= 0.3 is 0 Å². The van der Waals surface area contributed by atoms with Crippen LogP contribution in [0.3, 0.4) is 0 Å². The quantitative estimate of drug-likeness (QED) is 0.864. The maximum absolute atomic E-state index is 9.54. The van der Waals surface area contributed by atoms with Gasteiger partial charge < -0.3 is 19.8 Å². The van der Waals surface area contributed by atoms with E-state index >= 15 is 0 Å². The number of hydrogen-bond acceptors (Lipinski definition) is 8. The fraction of sp³-hybridized carbons (Fsp3) is 0.529. The van der Waals surface area contributed by atoms with E-state index in [9.17, 15) is 5.11 Å². The molecule has 2 saturated heterocycles. The molecule has 0 bridgehead atoms. The third-order valence-corrected chi connectivity index (χ3v) is 4.96. The summed E-state index contributed by atoms with van der Waals surface area (Å²) in [6, 6.07) is 4.05. The van der Waals surface area contributed by atoms with Crippen LogP contribution in [0, 0.1) is 0 Å². The van der Waals surface area contributed by atoms with Gasteiger partial charge in [0.25, 0.3) is 0 Å². The maximum Gasteiger partial charge on any atom is 0.225 e. The average molecular weight is 341 g/mol. The second-order valence-electron chi connectivity index (χ2n) is 6.43. The van der Waals surface area contributed by atoms with Gasteiger partial charge in [-0.2, -0.15) is 0 Å². The van der Waals surface area contributed by atoms with E-state index in [1.165, 1.54) is 0 Å². The smallest absolute Gasteiger partial charge is 0.225 e. The lowest BCUT2D eigenvalue weighted by molar-refractivity contribution is 0.266. The second-order valence-corrected chi connectivity index (χ2v) is 6.43. The first-order valence-electron chi connectivity index (χ1n) is 8.81. The summed E-state index contributed by atoms with van der Waals surface area (Å²) in [7, 11) is 0. The zero-order valence-corrected chi connectivity index (χ0v) is 14.2. The topological polar surface area (TPSA) is 81.5 Å². The Hall–Kier alpha value is -2.48. The molecule has 4 rings (SSSR count). The molecular weight excluding hydrogens is 318 g/mol. The highest BCUT2D eigenvalue weighted by Gasteiger charge is 2.26. The number of nitrogens with zero attached hydrogens (tertiary/aromatic N) is 7. The number of aliphatic hydroxyl groups excluding tert-OH is 1. The van der Waals surface area contributed by atoms with Crippen LogP contribution in [0.15, 0.2) is 30.9 Å². The first-order chi connectivity index (χ1) is 12.3. The lowest BCUT2D eigenvalue weighted by atomic mass is 10.2. The summed E-state index contributed by atoms with van der Waals surface area (Å²) in [5.41, 5.74) is 0. The molecule has 0 aliphatic carbocycles. The molecule has 8 heteroatoms. The first kappa shape index (κ1) is 16.0. The van der Waals surface area contributed by atoms with E-state index < -0.39 is 0 Å². The predicted molar refractivity (Wildman–Crippen MR) is 95.9 cm³/mol. The van der Waals surface area contributed by atoms with E-state index in [0.717, 1.165) is 63.1 Å². The Balaban J connectivity index is 1.44. The monoisotopic (exact) mass is 341 g/mol. The van der Waals surface area contributed by atoms with Crippen molar-refractivity contribution in [3.05, 3.63) is 30.9 Å². The van der Waals surface area contributed by atoms with Gasteiger partial charge in [-0.3, -0.25) is 0 Å². The van der Waals surface area contributed by atoms with Crippen LogP contribution in [-0.2, 0) is 0 Å². The SMILES string of the molecule is OC[C@@H]1CCCN1c1cc(N2CCN(c3ncccn3)CC2)ncn1. The zero-order valence-electron chi connectivity index (χ0n) is 14.2. The molecular formula is C17H23N7O. The van der Waals surface area contributed by atoms with Crippen molar-refractivity contribution in [2.45, 2.75) is 18.9 Å². The van der Waals surface area contributed by atoms with Crippen LogP contribution in [0.25, 0.3) is 0 Å². The number of anilines is 3. The first-order valence-corrected chi connectivity index (χ1v) is 8.81. The van der Waals surface area contributed by atoms with Gasteiger partial charge in [-0.1, -0.05) is 0 Å². The Labute approximate surface area is 147 Å². The van der Waals surface area contributed by atoms with Crippen molar-refractivity contribution in [2.75, 3.05) is 54.0 Å². The molecule has 132 valence electrons. The number of aromatic nitrogens is 4. The maximum atomic E-state index is 9.54. The number of piperazine rings is 1. The molecule has 0 amide bonds. The molecule has 1 N–H and O–H groups in total. The van der Waals surface area contributed by atoms with Crippen LogP contribution in [0.5, 0.6) is 0 Å². The van der Waals surface area contributed by atoms with Crippen LogP contribution in [0.4, 0.5) is 17.6 Å². The van der Waals surface area contributed by atoms with Crippen LogP contribution >= 0.6 is 0 Å². The number of hydrogen-bond donors (Lipinski definition) is 1. The van der Waals surface area contributed by atoms with Crippen molar-refractivity contribution >= 4 is 17.6 Å². The van der Waals surface area contributed by atoms with Crippen molar-refractivity contribution in [1.82, 2.24) is 19.9 Å². The zero-order chi connectivity index (χ0) is 17.1. The standard InChI is InChI=1S/C17H23N7O/c25-12-14-3-1-6-24(14)16-11-15(20-13-21-16)22-7-9-23(10-8-22)17-18-4-2-5-19-17/h2,4-5,11,13-14,25H,1,3,6-10,12H2/t14-/m0/s1. The fourth-order valence-electron chi connectivity index (χ4n) is 3.58. The van der Waals surface area contributed by atoms with E-state index in [2.05, 4.69) is 34.6 Å². The molecule has 1 atom stereocenters. The van der Waals surface area contributed by atoms with Gasteiger partial charge in [-0.15, -0.1) is 0 Å². The van der Waals surface area contributed by atoms with Crippen molar-refractivity contribution in [1.29, 1.82) is 0 Å². The minimum absolute atomic E-state index is 0.176. The summed E-state index contributed by atoms with van der Waals surface area (Å²) in [5, 5.41) is 9.54. The summed E-state index contributed by atoms with van der Waals surface area (Å²) in [4.78, 5) is 24.2. The lowest BCUT2D eigenvalue weighted by Gasteiger charge is -2.35. The second kappa shape index (κ2) is 7.18. The molecule has 0 unspecified atom stereocenters. The number of rotatable bonds is 4.